The van der Waals surface area contributed by atoms with Gasteiger partial charge >= 0.3 is 12.2 Å². The summed E-state index contributed by atoms with van der Waals surface area (Å²) < 4.78 is 65.2. The van der Waals surface area contributed by atoms with E-state index in [2.05, 4.69) is 5.10 Å². The van der Waals surface area contributed by atoms with Gasteiger partial charge in [-0.15, -0.1) is 11.3 Å². The third kappa shape index (κ3) is 5.05. The number of rotatable bonds is 4. The lowest BCUT2D eigenvalue weighted by molar-refractivity contribution is -0.137. The van der Waals surface area contributed by atoms with E-state index in [4.69, 9.17) is 11.6 Å². The predicted octanol–water partition coefficient (Wildman–Crippen LogP) is 5.32. The molecule has 0 saturated carbocycles. The van der Waals surface area contributed by atoms with E-state index in [0.29, 0.717) is 22.9 Å². The number of nitrogens with zero attached hydrogens (tertiary/aromatic N) is 2. The molecule has 1 unspecified atom stereocenters. The number of hydrogen-bond donors (Lipinski definition) is 1. The number of carbonyl (C=O) groups is 1. The molecule has 4 rings (SSSR count). The van der Waals surface area contributed by atoms with Crippen molar-refractivity contribution < 1.29 is 26.4 Å². The van der Waals surface area contributed by atoms with E-state index in [1.165, 1.54) is 11.3 Å². The normalized spacial score (nSPS) is 16.5. The Morgan fingerprint density at radius 3 is 2.33 bits per heavy atom. The minimum atomic E-state index is -4.61. The van der Waals surface area contributed by atoms with Crippen molar-refractivity contribution >= 4 is 44.7 Å². The van der Waals surface area contributed by atoms with Crippen LogP contribution in [0.15, 0.2) is 76.0 Å². The van der Waals surface area contributed by atoms with Crippen molar-refractivity contribution in [2.45, 2.75) is 17.0 Å². The van der Waals surface area contributed by atoms with Gasteiger partial charge in [0.15, 0.2) is 0 Å². The van der Waals surface area contributed by atoms with Crippen molar-refractivity contribution in [3.05, 3.63) is 87.1 Å². The van der Waals surface area contributed by atoms with Crippen LogP contribution in [0.4, 0.5) is 18.0 Å². The number of urea groups is 1. The molecule has 0 spiro atoms. The van der Waals surface area contributed by atoms with Crippen molar-refractivity contribution in [2.75, 3.05) is 6.54 Å². The molecule has 2 amide bonds. The molecular weight excluding hydrogens is 499 g/mol. The highest BCUT2D eigenvalue weighted by Gasteiger charge is 2.35. The average molecular weight is 514 g/mol. The van der Waals surface area contributed by atoms with Crippen molar-refractivity contribution in [1.29, 1.82) is 0 Å². The Hall–Kier alpha value is -2.89. The molecule has 12 heteroatoms. The van der Waals surface area contributed by atoms with Crippen LogP contribution in [-0.2, 0) is 16.2 Å². The number of hydrogen-bond acceptors (Lipinski definition) is 5. The number of nitrogens with one attached hydrogen (secondary N) is 1. The van der Waals surface area contributed by atoms with E-state index in [1.807, 2.05) is 22.2 Å². The van der Waals surface area contributed by atoms with Gasteiger partial charge in [0.25, 0.3) is 10.0 Å². The number of carbonyl (C=O) groups excluding carboxylic acids is 1. The van der Waals surface area contributed by atoms with Crippen LogP contribution in [0.5, 0.6) is 0 Å². The van der Waals surface area contributed by atoms with Gasteiger partial charge < -0.3 is 0 Å². The maximum Gasteiger partial charge on any atom is 0.416 e. The Balaban J connectivity index is 1.58. The maximum atomic E-state index is 12.7. The Kier molecular flexibility index (Phi) is 6.21. The summed E-state index contributed by atoms with van der Waals surface area (Å²) in [5.41, 5.74) is 0.290. The third-order valence-electron chi connectivity index (χ3n) is 4.89. The maximum absolute atomic E-state index is 12.7. The molecule has 1 N–H and O–H groups in total. The molecule has 6 nitrogen and oxygen atoms in total. The highest BCUT2D eigenvalue weighted by molar-refractivity contribution is 7.90. The number of hydrazone groups is 1. The Morgan fingerprint density at radius 1 is 1.09 bits per heavy atom. The average Bonchev–Trinajstić information content (AvgIpc) is 3.43. The molecule has 1 atom stereocenters. The minimum Gasteiger partial charge on any atom is -0.246 e. The SMILES string of the molecule is O=C(NS(=O)(=O)c1ccc(C(F)(F)F)cc1)N1CC(c2cccs2)C(c2ccc(Cl)cc2)=N1. The van der Waals surface area contributed by atoms with Crippen LogP contribution in [0.3, 0.4) is 0 Å². The molecule has 1 aliphatic rings. The second kappa shape index (κ2) is 8.81. The summed E-state index contributed by atoms with van der Waals surface area (Å²) in [7, 11) is -4.41. The summed E-state index contributed by atoms with van der Waals surface area (Å²) in [5, 5.41) is 7.75. The summed E-state index contributed by atoms with van der Waals surface area (Å²) in [6.07, 6.45) is -4.61. The molecule has 2 heterocycles. The summed E-state index contributed by atoms with van der Waals surface area (Å²) >= 11 is 7.43. The second-order valence-corrected chi connectivity index (χ2v) is 10.2. The first-order valence-electron chi connectivity index (χ1n) is 9.44. The number of amides is 2. The van der Waals surface area contributed by atoms with Gasteiger partial charge in [-0.05, 0) is 53.4 Å². The summed E-state index contributed by atoms with van der Waals surface area (Å²) in [6, 6.07) is 12.5. The quantitative estimate of drug-likeness (QED) is 0.512. The molecule has 0 fully saturated rings. The van der Waals surface area contributed by atoms with Crippen molar-refractivity contribution in [1.82, 2.24) is 9.73 Å². The topological polar surface area (TPSA) is 78.8 Å². The molecule has 33 heavy (non-hydrogen) atoms. The lowest BCUT2D eigenvalue weighted by atomic mass is 9.96. The van der Waals surface area contributed by atoms with Gasteiger partial charge in [0.1, 0.15) is 0 Å². The molecule has 0 aliphatic carbocycles. The molecule has 1 aliphatic heterocycles. The molecule has 2 aromatic carbocycles. The molecule has 172 valence electrons. The predicted molar refractivity (Wildman–Crippen MR) is 119 cm³/mol. The first kappa shape index (κ1) is 23.3. The van der Waals surface area contributed by atoms with Crippen LogP contribution in [-0.4, -0.2) is 31.7 Å². The van der Waals surface area contributed by atoms with Crippen LogP contribution in [0.1, 0.15) is 21.9 Å². The Bertz CT molecular complexity index is 1290. The van der Waals surface area contributed by atoms with Gasteiger partial charge in [-0.25, -0.2) is 22.9 Å². The summed E-state index contributed by atoms with van der Waals surface area (Å²) in [4.78, 5) is 13.2. The fourth-order valence-electron chi connectivity index (χ4n) is 3.27. The Morgan fingerprint density at radius 2 is 1.76 bits per heavy atom. The third-order valence-corrected chi connectivity index (χ3v) is 7.46. The zero-order chi connectivity index (χ0) is 23.8. The summed E-state index contributed by atoms with van der Waals surface area (Å²) in [5.74, 6) is -0.286. The van der Waals surface area contributed by atoms with E-state index in [0.717, 1.165) is 27.6 Å². The van der Waals surface area contributed by atoms with E-state index in [9.17, 15) is 26.4 Å². The van der Waals surface area contributed by atoms with E-state index in [1.54, 1.807) is 24.3 Å². The molecule has 0 radical (unpaired) electrons. The van der Waals surface area contributed by atoms with Crippen LogP contribution in [0.25, 0.3) is 0 Å². The number of alkyl halides is 3. The second-order valence-electron chi connectivity index (χ2n) is 7.08. The first-order valence-corrected chi connectivity index (χ1v) is 12.2. The van der Waals surface area contributed by atoms with E-state index >= 15 is 0 Å². The number of halogens is 4. The summed E-state index contributed by atoms with van der Waals surface area (Å²) in [6.45, 7) is 0.0901. The molecular formula is C21H15ClF3N3O3S2. The van der Waals surface area contributed by atoms with Crippen LogP contribution in [0, 0.1) is 0 Å². The van der Waals surface area contributed by atoms with Crippen LogP contribution >= 0.6 is 22.9 Å². The van der Waals surface area contributed by atoms with Crippen LogP contribution < -0.4 is 4.72 Å². The molecule has 0 saturated heterocycles. The van der Waals surface area contributed by atoms with Gasteiger partial charge in [0, 0.05) is 9.90 Å². The van der Waals surface area contributed by atoms with Gasteiger partial charge in [-0.2, -0.15) is 18.3 Å². The highest BCUT2D eigenvalue weighted by Crippen LogP contribution is 2.32. The van der Waals surface area contributed by atoms with Crippen LogP contribution in [0.2, 0.25) is 5.02 Å². The zero-order valence-electron chi connectivity index (χ0n) is 16.6. The zero-order valence-corrected chi connectivity index (χ0v) is 19.0. The fraction of sp³-hybridized carbons (Fsp3) is 0.143. The standard InChI is InChI=1S/C21H15ClF3N3O3S2/c22-15-7-3-13(4-8-15)19-17(18-2-1-11-32-18)12-28(26-19)20(29)27-33(30,31)16-9-5-14(6-10-16)21(23,24)25/h1-11,17H,12H2,(H,27,29). The van der Waals surface area contributed by atoms with Crippen molar-refractivity contribution in [3.8, 4) is 0 Å². The number of benzene rings is 2. The van der Waals surface area contributed by atoms with E-state index in [-0.39, 0.29) is 12.5 Å². The number of thiophene rings is 1. The lowest BCUT2D eigenvalue weighted by Crippen LogP contribution is -2.39. The van der Waals surface area contributed by atoms with Gasteiger partial charge in [-0.1, -0.05) is 29.8 Å². The molecule has 3 aromatic rings. The van der Waals surface area contributed by atoms with Gasteiger partial charge in [0.05, 0.1) is 28.6 Å². The largest absolute Gasteiger partial charge is 0.416 e. The molecule has 0 bridgehead atoms. The van der Waals surface area contributed by atoms with Gasteiger partial charge in [-0.3, -0.25) is 0 Å². The van der Waals surface area contributed by atoms with Crippen molar-refractivity contribution in [3.63, 3.8) is 0 Å². The lowest BCUT2D eigenvalue weighted by Gasteiger charge is -2.15. The monoisotopic (exact) mass is 513 g/mol. The molecule has 1 aromatic heterocycles. The highest BCUT2D eigenvalue weighted by atomic mass is 35.5. The minimum absolute atomic E-state index is 0.0901. The smallest absolute Gasteiger partial charge is 0.246 e. The van der Waals surface area contributed by atoms with E-state index < -0.39 is 32.7 Å². The number of sulfonamides is 1. The van der Waals surface area contributed by atoms with Gasteiger partial charge in [0.2, 0.25) is 0 Å². The first-order chi connectivity index (χ1) is 15.5. The van der Waals surface area contributed by atoms with Crippen molar-refractivity contribution in [2.24, 2.45) is 5.10 Å². The Labute approximate surface area is 196 Å². The fourth-order valence-corrected chi connectivity index (χ4v) is 5.17.